The van der Waals surface area contributed by atoms with Crippen LogP contribution >= 0.6 is 11.6 Å². The molecule has 0 amide bonds. The fraction of sp³-hybridized carbons (Fsp3) is 0.615. The summed E-state index contributed by atoms with van der Waals surface area (Å²) in [7, 11) is 0. The van der Waals surface area contributed by atoms with Crippen molar-refractivity contribution >= 4 is 23.7 Å². The zero-order valence-corrected chi connectivity index (χ0v) is 12.3. The predicted molar refractivity (Wildman–Crippen MR) is 74.3 cm³/mol. The molecule has 0 radical (unpaired) electrons. The predicted octanol–water partition coefficient (Wildman–Crippen LogP) is 3.35. The van der Waals surface area contributed by atoms with Gasteiger partial charge >= 0.3 is 0 Å². The molecule has 1 rings (SSSR count). The van der Waals surface area contributed by atoms with Gasteiger partial charge in [-0.1, -0.05) is 39.3 Å². The molecule has 18 heavy (non-hydrogen) atoms. The van der Waals surface area contributed by atoms with E-state index in [2.05, 4.69) is 43.0 Å². The molecule has 0 aromatic carbocycles. The maximum absolute atomic E-state index is 11.0. The molecule has 1 aromatic rings. The first-order valence-electron chi connectivity index (χ1n) is 5.99. The van der Waals surface area contributed by atoms with Crippen molar-refractivity contribution in [2.75, 3.05) is 11.9 Å². The van der Waals surface area contributed by atoms with Gasteiger partial charge in [0.25, 0.3) is 0 Å². The molecule has 0 aliphatic heterocycles. The van der Waals surface area contributed by atoms with Crippen molar-refractivity contribution in [3.63, 3.8) is 0 Å². The van der Waals surface area contributed by atoms with Gasteiger partial charge in [-0.2, -0.15) is 0 Å². The number of nitrogens with one attached hydrogen (secondary N) is 1. The van der Waals surface area contributed by atoms with Crippen molar-refractivity contribution in [2.24, 2.45) is 11.3 Å². The Morgan fingerprint density at radius 3 is 2.50 bits per heavy atom. The summed E-state index contributed by atoms with van der Waals surface area (Å²) < 4.78 is 0. The first-order valence-corrected chi connectivity index (χ1v) is 6.36. The molecule has 1 unspecified atom stereocenters. The Labute approximate surface area is 113 Å². The SMILES string of the molecule is Cc1nc(Cl)c(C=O)c(NCC(C)C(C)(C)C)n1. The number of aromatic nitrogens is 2. The van der Waals surface area contributed by atoms with E-state index in [0.29, 0.717) is 29.4 Å². The van der Waals surface area contributed by atoms with Gasteiger partial charge in [-0.3, -0.25) is 4.79 Å². The van der Waals surface area contributed by atoms with Crippen molar-refractivity contribution in [3.05, 3.63) is 16.5 Å². The van der Waals surface area contributed by atoms with Crippen molar-refractivity contribution in [1.82, 2.24) is 9.97 Å². The van der Waals surface area contributed by atoms with E-state index in [0.717, 1.165) is 6.54 Å². The lowest BCUT2D eigenvalue weighted by Crippen LogP contribution is -2.25. The second-order valence-corrected chi connectivity index (χ2v) is 5.95. The molecule has 1 atom stereocenters. The van der Waals surface area contributed by atoms with Gasteiger partial charge in [-0.05, 0) is 18.3 Å². The molecule has 0 bridgehead atoms. The number of carbonyl (C=O) groups is 1. The Kier molecular flexibility index (Phi) is 4.68. The van der Waals surface area contributed by atoms with Gasteiger partial charge in [-0.25, -0.2) is 9.97 Å². The number of aldehydes is 1. The topological polar surface area (TPSA) is 54.9 Å². The fourth-order valence-corrected chi connectivity index (χ4v) is 1.60. The van der Waals surface area contributed by atoms with E-state index < -0.39 is 0 Å². The van der Waals surface area contributed by atoms with Crippen LogP contribution in [0.1, 0.15) is 43.9 Å². The average Bonchev–Trinajstić information content (AvgIpc) is 2.23. The second kappa shape index (κ2) is 5.65. The van der Waals surface area contributed by atoms with Crippen molar-refractivity contribution in [1.29, 1.82) is 0 Å². The summed E-state index contributed by atoms with van der Waals surface area (Å²) in [6.07, 6.45) is 0.686. The summed E-state index contributed by atoms with van der Waals surface area (Å²) in [5, 5.41) is 3.38. The summed E-state index contributed by atoms with van der Waals surface area (Å²) in [6.45, 7) is 11.2. The first-order chi connectivity index (χ1) is 8.25. The van der Waals surface area contributed by atoms with Gasteiger partial charge in [0.2, 0.25) is 0 Å². The quantitative estimate of drug-likeness (QED) is 0.673. The van der Waals surface area contributed by atoms with E-state index in [1.807, 2.05) is 0 Å². The molecule has 0 saturated carbocycles. The Hall–Kier alpha value is -1.16. The van der Waals surface area contributed by atoms with Crippen LogP contribution in [0.4, 0.5) is 5.82 Å². The first kappa shape index (κ1) is 14.9. The average molecular weight is 270 g/mol. The van der Waals surface area contributed by atoms with Crippen LogP contribution in [-0.2, 0) is 0 Å². The minimum absolute atomic E-state index is 0.195. The highest BCUT2D eigenvalue weighted by atomic mass is 35.5. The lowest BCUT2D eigenvalue weighted by Gasteiger charge is -2.27. The molecule has 0 saturated heterocycles. The van der Waals surface area contributed by atoms with E-state index in [1.54, 1.807) is 6.92 Å². The molecular formula is C13H20ClN3O. The van der Waals surface area contributed by atoms with Crippen LogP contribution in [0.15, 0.2) is 0 Å². The van der Waals surface area contributed by atoms with Crippen molar-refractivity contribution in [3.8, 4) is 0 Å². The summed E-state index contributed by atoms with van der Waals surface area (Å²) in [5.74, 6) is 1.50. The van der Waals surface area contributed by atoms with E-state index >= 15 is 0 Å². The van der Waals surface area contributed by atoms with Gasteiger partial charge in [0.05, 0.1) is 5.56 Å². The number of halogens is 1. The number of nitrogens with zero attached hydrogens (tertiary/aromatic N) is 2. The molecule has 0 aliphatic rings. The highest BCUT2D eigenvalue weighted by Crippen LogP contribution is 2.26. The zero-order chi connectivity index (χ0) is 13.9. The van der Waals surface area contributed by atoms with Crippen LogP contribution in [0.5, 0.6) is 0 Å². The number of hydrogen-bond donors (Lipinski definition) is 1. The van der Waals surface area contributed by atoms with E-state index in [-0.39, 0.29) is 10.6 Å². The molecule has 4 nitrogen and oxygen atoms in total. The normalized spacial score (nSPS) is 13.2. The molecule has 0 fully saturated rings. The Morgan fingerprint density at radius 2 is 2.00 bits per heavy atom. The van der Waals surface area contributed by atoms with Gasteiger partial charge < -0.3 is 5.32 Å². The number of aryl methyl sites for hydroxylation is 1. The molecule has 1 aromatic heterocycles. The van der Waals surface area contributed by atoms with E-state index in [4.69, 9.17) is 11.6 Å². The Balaban J connectivity index is 2.88. The Bertz CT molecular complexity index is 441. The number of hydrogen-bond acceptors (Lipinski definition) is 4. The highest BCUT2D eigenvalue weighted by Gasteiger charge is 2.20. The van der Waals surface area contributed by atoms with Crippen LogP contribution in [0.3, 0.4) is 0 Å². The van der Waals surface area contributed by atoms with Gasteiger partial charge in [0.15, 0.2) is 6.29 Å². The van der Waals surface area contributed by atoms with Crippen LogP contribution in [0.25, 0.3) is 0 Å². The number of rotatable bonds is 4. The fourth-order valence-electron chi connectivity index (χ4n) is 1.34. The standard InChI is InChI=1S/C13H20ClN3O/c1-8(13(3,4)5)6-15-12-10(7-18)11(14)16-9(2)17-12/h7-8H,6H2,1-5H3,(H,15,16,17). The van der Waals surface area contributed by atoms with Crippen LogP contribution < -0.4 is 5.32 Å². The smallest absolute Gasteiger partial charge is 0.156 e. The lowest BCUT2D eigenvalue weighted by molar-refractivity contribution is 0.112. The summed E-state index contributed by atoms with van der Waals surface area (Å²) >= 11 is 5.92. The molecule has 1 N–H and O–H groups in total. The lowest BCUT2D eigenvalue weighted by atomic mass is 9.82. The molecule has 5 heteroatoms. The number of anilines is 1. The van der Waals surface area contributed by atoms with Crippen LogP contribution in [-0.4, -0.2) is 22.8 Å². The highest BCUT2D eigenvalue weighted by molar-refractivity contribution is 6.32. The van der Waals surface area contributed by atoms with Gasteiger partial charge in [0.1, 0.15) is 16.8 Å². The summed E-state index contributed by atoms with van der Waals surface area (Å²) in [4.78, 5) is 19.2. The maximum Gasteiger partial charge on any atom is 0.156 e. The van der Waals surface area contributed by atoms with Crippen LogP contribution in [0.2, 0.25) is 5.15 Å². The van der Waals surface area contributed by atoms with E-state index in [9.17, 15) is 4.79 Å². The third-order valence-corrected chi connectivity index (χ3v) is 3.47. The molecule has 0 spiro atoms. The third kappa shape index (κ3) is 3.67. The Morgan fingerprint density at radius 1 is 1.39 bits per heavy atom. The largest absolute Gasteiger partial charge is 0.369 e. The van der Waals surface area contributed by atoms with Gasteiger partial charge in [0, 0.05) is 6.54 Å². The van der Waals surface area contributed by atoms with Crippen LogP contribution in [0, 0.1) is 18.3 Å². The van der Waals surface area contributed by atoms with Crippen molar-refractivity contribution < 1.29 is 4.79 Å². The van der Waals surface area contributed by atoms with Crippen molar-refractivity contribution in [2.45, 2.75) is 34.6 Å². The monoisotopic (exact) mass is 269 g/mol. The van der Waals surface area contributed by atoms with E-state index in [1.165, 1.54) is 0 Å². The minimum Gasteiger partial charge on any atom is -0.369 e. The zero-order valence-electron chi connectivity index (χ0n) is 11.5. The summed E-state index contributed by atoms with van der Waals surface area (Å²) in [6, 6.07) is 0. The molecular weight excluding hydrogens is 250 g/mol. The van der Waals surface area contributed by atoms with Gasteiger partial charge in [-0.15, -0.1) is 0 Å². The third-order valence-electron chi connectivity index (χ3n) is 3.18. The summed E-state index contributed by atoms with van der Waals surface area (Å²) in [5.41, 5.74) is 0.517. The maximum atomic E-state index is 11.0. The molecule has 0 aliphatic carbocycles. The minimum atomic E-state index is 0.195. The second-order valence-electron chi connectivity index (χ2n) is 5.59. The molecule has 100 valence electrons. The molecule has 1 heterocycles. The number of carbonyl (C=O) groups excluding carboxylic acids is 1.